The first kappa shape index (κ1) is 16.5. The van der Waals surface area contributed by atoms with Gasteiger partial charge in [0, 0.05) is 5.56 Å². The van der Waals surface area contributed by atoms with E-state index in [1.807, 2.05) is 0 Å². The van der Waals surface area contributed by atoms with Gasteiger partial charge in [0.1, 0.15) is 34.8 Å². The summed E-state index contributed by atoms with van der Waals surface area (Å²) in [4.78, 5) is 15.5. The smallest absolute Gasteiger partial charge is 0.266 e. The second-order valence-electron chi connectivity index (χ2n) is 4.41. The van der Waals surface area contributed by atoms with E-state index in [0.717, 1.165) is 18.2 Å². The first-order valence-electron chi connectivity index (χ1n) is 6.17. The number of nitrogens with one attached hydrogen (secondary N) is 1. The Morgan fingerprint density at radius 2 is 1.78 bits per heavy atom. The van der Waals surface area contributed by atoms with Crippen molar-refractivity contribution in [2.45, 2.75) is 5.75 Å². The van der Waals surface area contributed by atoms with Gasteiger partial charge in [-0.05, 0) is 24.3 Å². The molecule has 2 aromatic rings. The molecule has 0 fully saturated rings. The van der Waals surface area contributed by atoms with Crippen molar-refractivity contribution in [3.8, 4) is 6.07 Å². The highest BCUT2D eigenvalue weighted by molar-refractivity contribution is 7.89. The van der Waals surface area contributed by atoms with E-state index in [9.17, 15) is 22.0 Å². The number of pyridine rings is 1. The van der Waals surface area contributed by atoms with E-state index >= 15 is 0 Å². The largest absolute Gasteiger partial charge is 0.283 e. The van der Waals surface area contributed by atoms with Crippen LogP contribution in [-0.2, 0) is 15.8 Å². The summed E-state index contributed by atoms with van der Waals surface area (Å²) in [6, 6.07) is 8.50. The van der Waals surface area contributed by atoms with Gasteiger partial charge >= 0.3 is 0 Å². The zero-order chi connectivity index (χ0) is 17.0. The van der Waals surface area contributed by atoms with Gasteiger partial charge in [0.15, 0.2) is 0 Å². The first-order chi connectivity index (χ1) is 10.8. The van der Waals surface area contributed by atoms with Gasteiger partial charge in [0.25, 0.3) is 5.91 Å². The van der Waals surface area contributed by atoms with E-state index in [4.69, 9.17) is 5.26 Å². The van der Waals surface area contributed by atoms with Crippen LogP contribution in [0, 0.1) is 23.0 Å². The molecular formula is C14H9F2N3O3S. The third-order valence-corrected chi connectivity index (χ3v) is 3.91. The summed E-state index contributed by atoms with van der Waals surface area (Å²) in [5, 5.41) is 8.69. The summed E-state index contributed by atoms with van der Waals surface area (Å²) in [7, 11) is -4.35. The Bertz CT molecular complexity index is 887. The fourth-order valence-corrected chi connectivity index (χ4v) is 2.83. The van der Waals surface area contributed by atoms with Gasteiger partial charge in [0.2, 0.25) is 10.0 Å². The Morgan fingerprint density at radius 3 is 2.39 bits per heavy atom. The number of carbonyl (C=O) groups excluding carboxylic acids is 1. The maximum absolute atomic E-state index is 13.5. The van der Waals surface area contributed by atoms with Crippen LogP contribution in [0.2, 0.25) is 0 Å². The Balaban J connectivity index is 2.21. The molecule has 2 rings (SSSR count). The normalized spacial score (nSPS) is 10.8. The van der Waals surface area contributed by atoms with Crippen molar-refractivity contribution in [3.63, 3.8) is 0 Å². The predicted octanol–water partition coefficient (Wildman–Crippen LogP) is 1.49. The maximum atomic E-state index is 13.5. The van der Waals surface area contributed by atoms with Gasteiger partial charge in [-0.1, -0.05) is 12.1 Å². The lowest BCUT2D eigenvalue weighted by molar-refractivity contribution is 0.0976. The predicted molar refractivity (Wildman–Crippen MR) is 75.4 cm³/mol. The van der Waals surface area contributed by atoms with E-state index in [1.165, 1.54) is 18.2 Å². The van der Waals surface area contributed by atoms with E-state index in [-0.39, 0.29) is 11.4 Å². The minimum absolute atomic E-state index is 0.0739. The van der Waals surface area contributed by atoms with Crippen molar-refractivity contribution in [1.82, 2.24) is 9.71 Å². The van der Waals surface area contributed by atoms with E-state index in [0.29, 0.717) is 0 Å². The van der Waals surface area contributed by atoms with Crippen LogP contribution >= 0.6 is 0 Å². The van der Waals surface area contributed by atoms with Crippen LogP contribution in [0.1, 0.15) is 21.7 Å². The van der Waals surface area contributed by atoms with Crippen molar-refractivity contribution in [1.29, 1.82) is 5.26 Å². The van der Waals surface area contributed by atoms with E-state index < -0.39 is 38.9 Å². The Morgan fingerprint density at radius 1 is 1.17 bits per heavy atom. The number of aromatic nitrogens is 1. The molecule has 1 aromatic heterocycles. The van der Waals surface area contributed by atoms with Crippen molar-refractivity contribution in [3.05, 3.63) is 65.0 Å². The molecule has 0 unspecified atom stereocenters. The van der Waals surface area contributed by atoms with Gasteiger partial charge in [-0.15, -0.1) is 0 Å². The van der Waals surface area contributed by atoms with Gasteiger partial charge in [-0.2, -0.15) is 5.26 Å². The number of hydrogen-bond acceptors (Lipinski definition) is 5. The lowest BCUT2D eigenvalue weighted by Gasteiger charge is -2.08. The highest BCUT2D eigenvalue weighted by Gasteiger charge is 2.21. The molecule has 118 valence electrons. The molecule has 6 nitrogen and oxygen atoms in total. The standard InChI is InChI=1S/C14H9F2N3O3S/c15-11-4-2-5-12(16)10(11)8-23(21,22)19-14(20)13-6-1-3-9(7-17)18-13/h1-6H,8H2,(H,19,20). The lowest BCUT2D eigenvalue weighted by Crippen LogP contribution is -2.32. The molecule has 0 bridgehead atoms. The quantitative estimate of drug-likeness (QED) is 0.911. The summed E-state index contributed by atoms with van der Waals surface area (Å²) in [5.41, 5.74) is -1.05. The van der Waals surface area contributed by atoms with Crippen molar-refractivity contribution >= 4 is 15.9 Å². The molecule has 9 heteroatoms. The number of amides is 1. The molecule has 0 aliphatic heterocycles. The third-order valence-electron chi connectivity index (χ3n) is 2.74. The number of nitriles is 1. The summed E-state index contributed by atoms with van der Waals surface area (Å²) in [6.07, 6.45) is 0. The monoisotopic (exact) mass is 337 g/mol. The molecule has 0 atom stereocenters. The number of carbonyl (C=O) groups is 1. The van der Waals surface area contributed by atoms with Gasteiger partial charge in [-0.25, -0.2) is 26.9 Å². The van der Waals surface area contributed by atoms with Crippen LogP contribution in [0.15, 0.2) is 36.4 Å². The van der Waals surface area contributed by atoms with Crippen LogP contribution in [0.5, 0.6) is 0 Å². The third kappa shape index (κ3) is 4.08. The summed E-state index contributed by atoms with van der Waals surface area (Å²) >= 11 is 0. The Labute approximate surface area is 130 Å². The number of halogens is 2. The molecule has 1 aromatic carbocycles. The number of rotatable bonds is 4. The molecule has 1 N–H and O–H groups in total. The molecule has 0 spiro atoms. The average molecular weight is 337 g/mol. The van der Waals surface area contributed by atoms with Crippen LogP contribution in [0.25, 0.3) is 0 Å². The second-order valence-corrected chi connectivity index (χ2v) is 6.13. The molecule has 1 heterocycles. The second kappa shape index (κ2) is 6.50. The fraction of sp³-hybridized carbons (Fsp3) is 0.0714. The SMILES string of the molecule is N#Cc1cccc(C(=O)NS(=O)(=O)Cc2c(F)cccc2F)n1. The summed E-state index contributed by atoms with van der Waals surface area (Å²) < 4.78 is 52.4. The van der Waals surface area contributed by atoms with Crippen LogP contribution < -0.4 is 4.72 Å². The molecule has 0 aliphatic rings. The maximum Gasteiger partial charge on any atom is 0.283 e. The fourth-order valence-electron chi connectivity index (χ4n) is 1.71. The minimum atomic E-state index is -4.35. The molecule has 1 amide bonds. The molecule has 23 heavy (non-hydrogen) atoms. The molecule has 0 aliphatic carbocycles. The highest BCUT2D eigenvalue weighted by atomic mass is 32.2. The summed E-state index contributed by atoms with van der Waals surface area (Å²) in [6.45, 7) is 0. The number of benzene rings is 1. The summed E-state index contributed by atoms with van der Waals surface area (Å²) in [5.74, 6) is -4.21. The Hall–Kier alpha value is -2.86. The molecule has 0 saturated carbocycles. The lowest BCUT2D eigenvalue weighted by atomic mass is 10.2. The topological polar surface area (TPSA) is 99.9 Å². The average Bonchev–Trinajstić information content (AvgIpc) is 2.51. The highest BCUT2D eigenvalue weighted by Crippen LogP contribution is 2.15. The zero-order valence-corrected chi connectivity index (χ0v) is 12.3. The van der Waals surface area contributed by atoms with Gasteiger partial charge < -0.3 is 0 Å². The van der Waals surface area contributed by atoms with Crippen LogP contribution in [0.3, 0.4) is 0 Å². The Kier molecular flexibility index (Phi) is 4.66. The number of nitrogens with zero attached hydrogens (tertiary/aromatic N) is 2. The number of hydrogen-bond donors (Lipinski definition) is 1. The minimum Gasteiger partial charge on any atom is -0.266 e. The van der Waals surface area contributed by atoms with E-state index in [2.05, 4.69) is 4.98 Å². The molecule has 0 saturated heterocycles. The van der Waals surface area contributed by atoms with Crippen LogP contribution in [0.4, 0.5) is 8.78 Å². The van der Waals surface area contributed by atoms with Crippen molar-refractivity contribution < 1.29 is 22.0 Å². The zero-order valence-electron chi connectivity index (χ0n) is 11.5. The van der Waals surface area contributed by atoms with Crippen molar-refractivity contribution in [2.75, 3.05) is 0 Å². The molecule has 0 radical (unpaired) electrons. The van der Waals surface area contributed by atoms with Gasteiger partial charge in [-0.3, -0.25) is 4.79 Å². The van der Waals surface area contributed by atoms with Crippen molar-refractivity contribution in [2.24, 2.45) is 0 Å². The van der Waals surface area contributed by atoms with Gasteiger partial charge in [0.05, 0.1) is 0 Å². The van der Waals surface area contributed by atoms with Crippen LogP contribution in [-0.4, -0.2) is 19.3 Å². The van der Waals surface area contributed by atoms with E-state index in [1.54, 1.807) is 10.8 Å². The first-order valence-corrected chi connectivity index (χ1v) is 7.82. The number of sulfonamides is 1. The molecular weight excluding hydrogens is 328 g/mol.